The van der Waals surface area contributed by atoms with Gasteiger partial charge < -0.3 is 10.5 Å². The molecule has 2 nitrogen and oxygen atoms in total. The Bertz CT molecular complexity index is 250. The number of ether oxygens (including phenoxy) is 1. The molecule has 1 aromatic rings. The lowest BCUT2D eigenvalue weighted by molar-refractivity contribution is 0.408. The molecule has 0 saturated heterocycles. The summed E-state index contributed by atoms with van der Waals surface area (Å²) in [5, 5.41) is 0. The minimum Gasteiger partial charge on any atom is -0.496 e. The number of nitrogens with two attached hydrogens (primary N) is 1. The van der Waals surface area contributed by atoms with Crippen LogP contribution in [0, 0.1) is 0 Å². The summed E-state index contributed by atoms with van der Waals surface area (Å²) in [6, 6.07) is 8.14. The molecule has 1 rings (SSSR count). The van der Waals surface area contributed by atoms with Crippen molar-refractivity contribution in [3.05, 3.63) is 29.8 Å². The number of rotatable bonds is 3. The third-order valence-corrected chi connectivity index (χ3v) is 1.73. The van der Waals surface area contributed by atoms with Gasteiger partial charge in [-0.15, -0.1) is 12.4 Å². The Balaban J connectivity index is 0.00000144. The second-order valence-corrected chi connectivity index (χ2v) is 2.99. The van der Waals surface area contributed by atoms with Crippen LogP contribution in [-0.4, -0.2) is 13.2 Å². The van der Waals surface area contributed by atoms with Crippen molar-refractivity contribution in [3.63, 3.8) is 0 Å². The fraction of sp³-hybridized carbons (Fsp3) is 0.400. The molecule has 74 valence electrons. The summed E-state index contributed by atoms with van der Waals surface area (Å²) in [4.78, 5) is 0. The van der Waals surface area contributed by atoms with Crippen molar-refractivity contribution < 1.29 is 4.74 Å². The van der Waals surface area contributed by atoms with Gasteiger partial charge in [-0.1, -0.05) is 18.2 Å². The van der Waals surface area contributed by atoms with Crippen LogP contribution in [0.2, 0.25) is 0 Å². The normalized spacial score (nSPS) is 11.6. The summed E-state index contributed by atoms with van der Waals surface area (Å²) in [6.45, 7) is 1.99. The zero-order valence-electron chi connectivity index (χ0n) is 7.99. The van der Waals surface area contributed by atoms with Crippen LogP contribution in [0.25, 0.3) is 0 Å². The molecular weight excluding hydrogens is 186 g/mol. The minimum atomic E-state index is 0. The second kappa shape index (κ2) is 5.84. The summed E-state index contributed by atoms with van der Waals surface area (Å²) in [6.07, 6.45) is 0.865. The van der Waals surface area contributed by atoms with Crippen LogP contribution in [0.4, 0.5) is 0 Å². The minimum absolute atomic E-state index is 0. The maximum atomic E-state index is 5.69. The van der Waals surface area contributed by atoms with E-state index in [1.54, 1.807) is 7.11 Å². The fourth-order valence-corrected chi connectivity index (χ4v) is 1.22. The predicted molar refractivity (Wildman–Crippen MR) is 57.6 cm³/mol. The topological polar surface area (TPSA) is 35.2 Å². The van der Waals surface area contributed by atoms with Crippen LogP contribution in [0.5, 0.6) is 5.75 Å². The Morgan fingerprint density at radius 2 is 2.00 bits per heavy atom. The van der Waals surface area contributed by atoms with E-state index in [2.05, 4.69) is 0 Å². The molecule has 0 saturated carbocycles. The van der Waals surface area contributed by atoms with Gasteiger partial charge in [-0.25, -0.2) is 0 Å². The van der Waals surface area contributed by atoms with Crippen molar-refractivity contribution in [2.75, 3.05) is 7.11 Å². The number of para-hydroxylation sites is 1. The molecule has 2 N–H and O–H groups in total. The molecule has 0 bridgehead atoms. The van der Waals surface area contributed by atoms with E-state index in [0.717, 1.165) is 12.2 Å². The number of hydrogen-bond donors (Lipinski definition) is 1. The maximum absolute atomic E-state index is 5.69. The first-order valence-corrected chi connectivity index (χ1v) is 4.11. The van der Waals surface area contributed by atoms with Crippen molar-refractivity contribution in [3.8, 4) is 5.75 Å². The third-order valence-electron chi connectivity index (χ3n) is 1.73. The van der Waals surface area contributed by atoms with Crippen molar-refractivity contribution in [2.24, 2.45) is 5.73 Å². The standard InChI is InChI=1S/C10H15NO.ClH/c1-8(11)7-9-5-3-4-6-10(9)12-2;/h3-6,8H,7,11H2,1-2H3;1H. The molecule has 13 heavy (non-hydrogen) atoms. The molecule has 3 heteroatoms. The molecule has 0 aromatic heterocycles. The third kappa shape index (κ3) is 3.66. The molecule has 1 unspecified atom stereocenters. The summed E-state index contributed by atoms with van der Waals surface area (Å²) >= 11 is 0. The van der Waals surface area contributed by atoms with Gasteiger partial charge in [0.2, 0.25) is 0 Å². The van der Waals surface area contributed by atoms with E-state index in [-0.39, 0.29) is 18.4 Å². The van der Waals surface area contributed by atoms with E-state index < -0.39 is 0 Å². The van der Waals surface area contributed by atoms with Crippen LogP contribution in [0.3, 0.4) is 0 Å². The highest BCUT2D eigenvalue weighted by Gasteiger charge is 2.02. The van der Waals surface area contributed by atoms with Gasteiger partial charge >= 0.3 is 0 Å². The summed E-state index contributed by atoms with van der Waals surface area (Å²) in [5.74, 6) is 0.926. The first-order chi connectivity index (χ1) is 5.74. The Labute approximate surface area is 85.5 Å². The summed E-state index contributed by atoms with van der Waals surface area (Å²) < 4.78 is 5.19. The van der Waals surface area contributed by atoms with Crippen LogP contribution >= 0.6 is 12.4 Å². The second-order valence-electron chi connectivity index (χ2n) is 2.99. The van der Waals surface area contributed by atoms with Gasteiger partial charge in [-0.3, -0.25) is 0 Å². The van der Waals surface area contributed by atoms with Gasteiger partial charge in [0.1, 0.15) is 5.75 Å². The lowest BCUT2D eigenvalue weighted by Crippen LogP contribution is -2.18. The van der Waals surface area contributed by atoms with Gasteiger partial charge in [0.15, 0.2) is 0 Å². The van der Waals surface area contributed by atoms with Crippen LogP contribution in [0.15, 0.2) is 24.3 Å². The quantitative estimate of drug-likeness (QED) is 0.812. The first-order valence-electron chi connectivity index (χ1n) is 4.11. The van der Waals surface area contributed by atoms with E-state index in [0.29, 0.717) is 0 Å². The molecule has 0 radical (unpaired) electrons. The predicted octanol–water partition coefficient (Wildman–Crippen LogP) is 2.01. The Morgan fingerprint density at radius 3 is 2.54 bits per heavy atom. The van der Waals surface area contributed by atoms with E-state index in [9.17, 15) is 0 Å². The van der Waals surface area contributed by atoms with Crippen molar-refractivity contribution in [2.45, 2.75) is 19.4 Å². The molecule has 0 heterocycles. The monoisotopic (exact) mass is 201 g/mol. The molecule has 0 fully saturated rings. The number of benzene rings is 1. The highest BCUT2D eigenvalue weighted by molar-refractivity contribution is 5.85. The average Bonchev–Trinajstić information content (AvgIpc) is 2.04. The molecule has 1 aromatic carbocycles. The lowest BCUT2D eigenvalue weighted by Gasteiger charge is -2.09. The number of methoxy groups -OCH3 is 1. The first kappa shape index (κ1) is 12.3. The molecular formula is C10H16ClNO. The molecule has 0 aliphatic rings. The van der Waals surface area contributed by atoms with Crippen molar-refractivity contribution in [1.82, 2.24) is 0 Å². The van der Waals surface area contributed by atoms with Crippen molar-refractivity contribution in [1.29, 1.82) is 0 Å². The van der Waals surface area contributed by atoms with Crippen LogP contribution < -0.4 is 10.5 Å². The molecule has 0 aliphatic heterocycles. The SMILES string of the molecule is COc1ccccc1CC(C)N.Cl. The zero-order valence-corrected chi connectivity index (χ0v) is 8.80. The van der Waals surface area contributed by atoms with Gasteiger partial charge in [0.05, 0.1) is 7.11 Å². The van der Waals surface area contributed by atoms with E-state index in [1.807, 2.05) is 31.2 Å². The van der Waals surface area contributed by atoms with E-state index in [1.165, 1.54) is 5.56 Å². The van der Waals surface area contributed by atoms with Gasteiger partial charge in [0, 0.05) is 6.04 Å². The fourth-order valence-electron chi connectivity index (χ4n) is 1.22. The lowest BCUT2D eigenvalue weighted by atomic mass is 10.1. The molecule has 0 aliphatic carbocycles. The van der Waals surface area contributed by atoms with Gasteiger partial charge in [0.25, 0.3) is 0 Å². The molecule has 1 atom stereocenters. The van der Waals surface area contributed by atoms with Crippen LogP contribution in [-0.2, 0) is 6.42 Å². The maximum Gasteiger partial charge on any atom is 0.122 e. The Kier molecular flexibility index (Phi) is 5.51. The number of hydrogen-bond acceptors (Lipinski definition) is 2. The van der Waals surface area contributed by atoms with E-state index in [4.69, 9.17) is 10.5 Å². The Morgan fingerprint density at radius 1 is 1.38 bits per heavy atom. The van der Waals surface area contributed by atoms with Gasteiger partial charge in [-0.2, -0.15) is 0 Å². The van der Waals surface area contributed by atoms with E-state index >= 15 is 0 Å². The summed E-state index contributed by atoms with van der Waals surface area (Å²) in [7, 11) is 1.68. The average molecular weight is 202 g/mol. The Hall–Kier alpha value is -0.730. The van der Waals surface area contributed by atoms with Gasteiger partial charge in [-0.05, 0) is 25.0 Å². The smallest absolute Gasteiger partial charge is 0.122 e. The van der Waals surface area contributed by atoms with Crippen molar-refractivity contribution >= 4 is 12.4 Å². The number of halogens is 1. The highest BCUT2D eigenvalue weighted by Crippen LogP contribution is 2.18. The van der Waals surface area contributed by atoms with Crippen LogP contribution in [0.1, 0.15) is 12.5 Å². The summed E-state index contributed by atoms with van der Waals surface area (Å²) in [5.41, 5.74) is 6.87. The highest BCUT2D eigenvalue weighted by atomic mass is 35.5. The largest absolute Gasteiger partial charge is 0.496 e. The molecule has 0 spiro atoms. The molecule has 0 amide bonds. The zero-order chi connectivity index (χ0) is 8.97.